The van der Waals surface area contributed by atoms with E-state index in [9.17, 15) is 9.18 Å². The molecule has 1 aromatic carbocycles. The molecule has 0 atom stereocenters. The predicted molar refractivity (Wildman–Crippen MR) is 64.8 cm³/mol. The first-order chi connectivity index (χ1) is 8.63. The summed E-state index contributed by atoms with van der Waals surface area (Å²) in [4.78, 5) is 14.6. The van der Waals surface area contributed by atoms with Crippen LogP contribution >= 0.6 is 11.6 Å². The van der Waals surface area contributed by atoms with Gasteiger partial charge in [0.1, 0.15) is 17.9 Å². The van der Waals surface area contributed by atoms with E-state index in [0.29, 0.717) is 17.9 Å². The number of aromatic nitrogens is 2. The average molecular weight is 272 g/mol. The van der Waals surface area contributed by atoms with Crippen LogP contribution in [0.15, 0.2) is 18.2 Å². The second-order valence-corrected chi connectivity index (χ2v) is 3.86. The van der Waals surface area contributed by atoms with E-state index in [1.165, 1.54) is 6.07 Å². The Balaban J connectivity index is 2.35. The maximum absolute atomic E-state index is 13.5. The van der Waals surface area contributed by atoms with Crippen molar-refractivity contribution in [1.29, 1.82) is 0 Å². The molecule has 0 fully saturated rings. The van der Waals surface area contributed by atoms with Gasteiger partial charge in [0.15, 0.2) is 5.82 Å². The molecule has 0 saturated carbocycles. The number of fused-ring (bicyclic) bond motifs is 1. The van der Waals surface area contributed by atoms with Crippen LogP contribution in [-0.2, 0) is 17.2 Å². The van der Waals surface area contributed by atoms with E-state index in [1.807, 2.05) is 0 Å². The largest absolute Gasteiger partial charge is 0.448 e. The minimum absolute atomic E-state index is 0.0845. The van der Waals surface area contributed by atoms with E-state index in [1.54, 1.807) is 16.7 Å². The standard InChI is InChI=1S/C11H11ClFN3O2/c12-6-9-15-10-7(13)2-1-3-8(10)16(9)4-5-18-11(14)17/h1-3H,4-6H2,(H2,14,17). The van der Waals surface area contributed by atoms with Crippen molar-refractivity contribution < 1.29 is 13.9 Å². The molecule has 0 unspecified atom stereocenters. The number of halogens is 2. The second-order valence-electron chi connectivity index (χ2n) is 3.59. The number of ether oxygens (including phenoxy) is 1. The predicted octanol–water partition coefficient (Wildman–Crippen LogP) is 2.01. The van der Waals surface area contributed by atoms with E-state index >= 15 is 0 Å². The van der Waals surface area contributed by atoms with Crippen molar-refractivity contribution in [3.63, 3.8) is 0 Å². The number of carbonyl (C=O) groups excluding carboxylic acids is 1. The Morgan fingerprint density at radius 3 is 3.00 bits per heavy atom. The number of hydrogen-bond donors (Lipinski definition) is 1. The number of imidazole rings is 1. The van der Waals surface area contributed by atoms with Gasteiger partial charge in [-0.3, -0.25) is 0 Å². The van der Waals surface area contributed by atoms with Crippen LogP contribution in [0.25, 0.3) is 11.0 Å². The molecule has 2 N–H and O–H groups in total. The van der Waals surface area contributed by atoms with Crippen LogP contribution in [-0.4, -0.2) is 22.3 Å². The third-order valence-electron chi connectivity index (χ3n) is 2.49. The molecule has 0 aliphatic heterocycles. The maximum atomic E-state index is 13.5. The average Bonchev–Trinajstić information content (AvgIpc) is 2.69. The van der Waals surface area contributed by atoms with Crippen molar-refractivity contribution >= 4 is 28.7 Å². The van der Waals surface area contributed by atoms with Gasteiger partial charge >= 0.3 is 6.09 Å². The number of rotatable bonds is 4. The molecule has 0 saturated heterocycles. The van der Waals surface area contributed by atoms with Crippen LogP contribution < -0.4 is 5.73 Å². The molecule has 0 aliphatic rings. The van der Waals surface area contributed by atoms with Gasteiger partial charge in [-0.25, -0.2) is 14.2 Å². The Morgan fingerprint density at radius 1 is 1.56 bits per heavy atom. The molecule has 1 amide bonds. The minimum Gasteiger partial charge on any atom is -0.448 e. The summed E-state index contributed by atoms with van der Waals surface area (Å²) in [6.07, 6.45) is -0.849. The number of carbonyl (C=O) groups is 1. The van der Waals surface area contributed by atoms with Crippen LogP contribution in [0.4, 0.5) is 9.18 Å². The Labute approximate surface area is 107 Å². The number of amides is 1. The molecule has 0 bridgehead atoms. The van der Waals surface area contributed by atoms with Crippen LogP contribution in [0.1, 0.15) is 5.82 Å². The summed E-state index contributed by atoms with van der Waals surface area (Å²) in [6, 6.07) is 4.64. The molecular formula is C11H11ClFN3O2. The summed E-state index contributed by atoms with van der Waals surface area (Å²) >= 11 is 5.76. The SMILES string of the molecule is NC(=O)OCCn1c(CCl)nc2c(F)cccc21. The molecule has 96 valence electrons. The number of hydrogen-bond acceptors (Lipinski definition) is 3. The Bertz CT molecular complexity index is 585. The Kier molecular flexibility index (Phi) is 3.66. The first kappa shape index (κ1) is 12.6. The van der Waals surface area contributed by atoms with Gasteiger partial charge in [0, 0.05) is 0 Å². The number of primary amides is 1. The van der Waals surface area contributed by atoms with Gasteiger partial charge in [0.25, 0.3) is 0 Å². The molecule has 2 aromatic rings. The lowest BCUT2D eigenvalue weighted by atomic mass is 10.3. The maximum Gasteiger partial charge on any atom is 0.404 e. The van der Waals surface area contributed by atoms with E-state index in [0.717, 1.165) is 0 Å². The van der Waals surface area contributed by atoms with Crippen molar-refractivity contribution in [1.82, 2.24) is 9.55 Å². The molecule has 1 aromatic heterocycles. The highest BCUT2D eigenvalue weighted by atomic mass is 35.5. The summed E-state index contributed by atoms with van der Waals surface area (Å²) in [5.41, 5.74) is 5.73. The Hall–Kier alpha value is -1.82. The van der Waals surface area contributed by atoms with E-state index in [-0.39, 0.29) is 18.0 Å². The molecule has 0 spiro atoms. The molecule has 5 nitrogen and oxygen atoms in total. The molecule has 7 heteroatoms. The monoisotopic (exact) mass is 271 g/mol. The van der Waals surface area contributed by atoms with Gasteiger partial charge < -0.3 is 15.0 Å². The Morgan fingerprint density at radius 2 is 2.33 bits per heavy atom. The topological polar surface area (TPSA) is 70.1 Å². The first-order valence-electron chi connectivity index (χ1n) is 5.25. The summed E-state index contributed by atoms with van der Waals surface area (Å²) < 4.78 is 19.9. The van der Waals surface area contributed by atoms with Crippen molar-refractivity contribution in [3.8, 4) is 0 Å². The highest BCUT2D eigenvalue weighted by molar-refractivity contribution is 6.16. The van der Waals surface area contributed by atoms with Gasteiger partial charge in [-0.15, -0.1) is 11.6 Å². The fraction of sp³-hybridized carbons (Fsp3) is 0.273. The van der Waals surface area contributed by atoms with E-state index in [2.05, 4.69) is 9.72 Å². The number of para-hydroxylation sites is 1. The van der Waals surface area contributed by atoms with Crippen LogP contribution in [0.2, 0.25) is 0 Å². The van der Waals surface area contributed by atoms with Crippen LogP contribution in [0.5, 0.6) is 0 Å². The molecule has 2 rings (SSSR count). The summed E-state index contributed by atoms with van der Waals surface area (Å²) in [5, 5.41) is 0. The van der Waals surface area contributed by atoms with Gasteiger partial charge in [0.2, 0.25) is 0 Å². The van der Waals surface area contributed by atoms with Gasteiger partial charge in [-0.05, 0) is 12.1 Å². The summed E-state index contributed by atoms with van der Waals surface area (Å²) in [6.45, 7) is 0.409. The van der Waals surface area contributed by atoms with Crippen LogP contribution in [0, 0.1) is 5.82 Å². The molecular weight excluding hydrogens is 261 g/mol. The number of alkyl halides is 1. The third-order valence-corrected chi connectivity index (χ3v) is 2.73. The van der Waals surface area contributed by atoms with Crippen LogP contribution in [0.3, 0.4) is 0 Å². The molecule has 18 heavy (non-hydrogen) atoms. The van der Waals surface area contributed by atoms with Gasteiger partial charge in [0.05, 0.1) is 17.9 Å². The lowest BCUT2D eigenvalue weighted by Gasteiger charge is -2.07. The van der Waals surface area contributed by atoms with Crippen molar-refractivity contribution in [3.05, 3.63) is 29.8 Å². The normalized spacial score (nSPS) is 10.8. The zero-order valence-electron chi connectivity index (χ0n) is 9.40. The lowest BCUT2D eigenvalue weighted by Crippen LogP contribution is -2.17. The zero-order valence-corrected chi connectivity index (χ0v) is 10.2. The third kappa shape index (κ3) is 2.38. The highest BCUT2D eigenvalue weighted by Crippen LogP contribution is 2.20. The van der Waals surface area contributed by atoms with Crippen molar-refractivity contribution in [2.24, 2.45) is 5.73 Å². The fourth-order valence-corrected chi connectivity index (χ4v) is 1.95. The van der Waals surface area contributed by atoms with E-state index in [4.69, 9.17) is 17.3 Å². The number of nitrogens with zero attached hydrogens (tertiary/aromatic N) is 2. The van der Waals surface area contributed by atoms with Crippen molar-refractivity contribution in [2.45, 2.75) is 12.4 Å². The highest BCUT2D eigenvalue weighted by Gasteiger charge is 2.12. The molecule has 0 radical (unpaired) electrons. The summed E-state index contributed by atoms with van der Waals surface area (Å²) in [7, 11) is 0. The van der Waals surface area contributed by atoms with Gasteiger partial charge in [-0.1, -0.05) is 6.07 Å². The van der Waals surface area contributed by atoms with Gasteiger partial charge in [-0.2, -0.15) is 0 Å². The molecule has 0 aliphatic carbocycles. The second kappa shape index (κ2) is 5.22. The number of nitrogens with two attached hydrogens (primary N) is 1. The smallest absolute Gasteiger partial charge is 0.404 e. The quantitative estimate of drug-likeness (QED) is 0.865. The first-order valence-corrected chi connectivity index (χ1v) is 5.78. The molecule has 1 heterocycles. The lowest BCUT2D eigenvalue weighted by molar-refractivity contribution is 0.152. The van der Waals surface area contributed by atoms with E-state index < -0.39 is 11.9 Å². The minimum atomic E-state index is -0.849. The number of benzene rings is 1. The van der Waals surface area contributed by atoms with Crippen molar-refractivity contribution in [2.75, 3.05) is 6.61 Å². The fourth-order valence-electron chi connectivity index (χ4n) is 1.75. The zero-order chi connectivity index (χ0) is 13.1. The summed E-state index contributed by atoms with van der Waals surface area (Å²) in [5.74, 6) is 0.253.